The van der Waals surface area contributed by atoms with Crippen LogP contribution in [0.1, 0.15) is 62.5 Å². The van der Waals surface area contributed by atoms with Gasteiger partial charge in [0, 0.05) is 16.7 Å². The Morgan fingerprint density at radius 3 is 1.83 bits per heavy atom. The Hall–Kier alpha value is -1.95. The summed E-state index contributed by atoms with van der Waals surface area (Å²) in [6, 6.07) is 3.74. The van der Waals surface area contributed by atoms with E-state index < -0.39 is 5.97 Å². The van der Waals surface area contributed by atoms with Crippen LogP contribution in [-0.4, -0.2) is 26.4 Å². The summed E-state index contributed by atoms with van der Waals surface area (Å²) in [6.45, 7) is 12.2. The third kappa shape index (κ3) is 3.52. The second-order valence-corrected chi connectivity index (χ2v) is 8.62. The molecule has 0 spiro atoms. The highest BCUT2D eigenvalue weighted by atomic mass is 32.1. The fraction of sp³-hybridized carbons (Fsp3) is 0.471. The molecule has 0 saturated heterocycles. The summed E-state index contributed by atoms with van der Waals surface area (Å²) in [6.07, 6.45) is 0. The fourth-order valence-electron chi connectivity index (χ4n) is 2.33. The molecule has 5 nitrogen and oxygen atoms in total. The van der Waals surface area contributed by atoms with Crippen molar-refractivity contribution in [1.82, 2.24) is 10.2 Å². The molecule has 0 aliphatic carbocycles. The molecule has 0 fully saturated rings. The number of aromatic carboxylic acids is 1. The van der Waals surface area contributed by atoms with Crippen LogP contribution in [0.5, 0.6) is 5.75 Å². The number of carbonyl (C=O) groups is 1. The van der Waals surface area contributed by atoms with Crippen molar-refractivity contribution in [2.75, 3.05) is 0 Å². The van der Waals surface area contributed by atoms with Gasteiger partial charge in [0.1, 0.15) is 10.8 Å². The molecule has 1 heterocycles. The summed E-state index contributed by atoms with van der Waals surface area (Å²) in [5, 5.41) is 27.9. The van der Waals surface area contributed by atoms with E-state index in [1.807, 2.05) is 53.7 Å². The molecule has 2 aromatic rings. The van der Waals surface area contributed by atoms with E-state index in [0.29, 0.717) is 5.01 Å². The molecule has 0 aliphatic heterocycles. The van der Waals surface area contributed by atoms with E-state index in [1.165, 1.54) is 0 Å². The number of aromatic hydroxyl groups is 1. The zero-order valence-corrected chi connectivity index (χ0v) is 15.1. The van der Waals surface area contributed by atoms with E-state index >= 15 is 0 Å². The number of hydrogen-bond donors (Lipinski definition) is 2. The van der Waals surface area contributed by atoms with Crippen molar-refractivity contribution in [2.45, 2.75) is 52.4 Å². The van der Waals surface area contributed by atoms with Gasteiger partial charge >= 0.3 is 5.97 Å². The van der Waals surface area contributed by atoms with E-state index in [0.717, 1.165) is 28.0 Å². The first-order chi connectivity index (χ1) is 10.4. The van der Waals surface area contributed by atoms with Gasteiger partial charge in [0.25, 0.3) is 0 Å². The molecule has 0 unspecified atom stereocenters. The number of aromatic nitrogens is 2. The van der Waals surface area contributed by atoms with Gasteiger partial charge in [-0.15, -0.1) is 10.2 Å². The van der Waals surface area contributed by atoms with Gasteiger partial charge in [0.15, 0.2) is 0 Å². The molecule has 0 amide bonds. The molecule has 6 heteroatoms. The standard InChI is InChI=1S/C17H22N2O3S/c1-16(2,3)10-7-9(8-11(12(10)20)17(4,5)6)13-18-19-14(23-13)15(21)22/h7-8,20H,1-6H3,(H,21,22). The van der Waals surface area contributed by atoms with E-state index in [1.54, 1.807) is 0 Å². The highest BCUT2D eigenvalue weighted by Crippen LogP contribution is 2.42. The van der Waals surface area contributed by atoms with Gasteiger partial charge in [-0.25, -0.2) is 4.79 Å². The van der Waals surface area contributed by atoms with Crippen molar-refractivity contribution in [1.29, 1.82) is 0 Å². The number of nitrogens with zero attached hydrogens (tertiary/aromatic N) is 2. The largest absolute Gasteiger partial charge is 0.507 e. The van der Waals surface area contributed by atoms with Gasteiger partial charge in [-0.2, -0.15) is 0 Å². The fourth-order valence-corrected chi connectivity index (χ4v) is 3.00. The van der Waals surface area contributed by atoms with Crippen LogP contribution < -0.4 is 0 Å². The van der Waals surface area contributed by atoms with Crippen molar-refractivity contribution in [3.05, 3.63) is 28.3 Å². The lowest BCUT2D eigenvalue weighted by atomic mass is 9.78. The van der Waals surface area contributed by atoms with Gasteiger partial charge in [0.05, 0.1) is 0 Å². The van der Waals surface area contributed by atoms with Crippen LogP contribution in [-0.2, 0) is 10.8 Å². The Morgan fingerprint density at radius 1 is 1.00 bits per heavy atom. The van der Waals surface area contributed by atoms with Crippen LogP contribution in [0, 0.1) is 0 Å². The first kappa shape index (κ1) is 17.4. The third-order valence-electron chi connectivity index (χ3n) is 3.58. The number of carboxylic acids is 1. The maximum absolute atomic E-state index is 11.0. The van der Waals surface area contributed by atoms with Crippen LogP contribution in [0.2, 0.25) is 0 Å². The van der Waals surface area contributed by atoms with Crippen molar-refractivity contribution in [2.24, 2.45) is 0 Å². The molecule has 0 saturated carbocycles. The molecule has 0 atom stereocenters. The topological polar surface area (TPSA) is 83.3 Å². The number of phenols is 1. The lowest BCUT2D eigenvalue weighted by Crippen LogP contribution is -2.17. The molecular formula is C17H22N2O3S. The lowest BCUT2D eigenvalue weighted by Gasteiger charge is -2.27. The van der Waals surface area contributed by atoms with Crippen molar-refractivity contribution >= 4 is 17.3 Å². The van der Waals surface area contributed by atoms with Crippen molar-refractivity contribution in [3.63, 3.8) is 0 Å². The maximum Gasteiger partial charge on any atom is 0.367 e. The predicted molar refractivity (Wildman–Crippen MR) is 91.4 cm³/mol. The quantitative estimate of drug-likeness (QED) is 0.860. The molecular weight excluding hydrogens is 312 g/mol. The predicted octanol–water partition coefficient (Wildman–Crippen LogP) is 4.20. The van der Waals surface area contributed by atoms with Crippen LogP contribution in [0.4, 0.5) is 0 Å². The molecule has 0 radical (unpaired) electrons. The Labute approximate surface area is 140 Å². The summed E-state index contributed by atoms with van der Waals surface area (Å²) in [5.41, 5.74) is 1.91. The minimum atomic E-state index is -1.08. The van der Waals surface area contributed by atoms with Crippen LogP contribution in [0.25, 0.3) is 10.6 Å². The van der Waals surface area contributed by atoms with Crippen molar-refractivity contribution < 1.29 is 15.0 Å². The van der Waals surface area contributed by atoms with E-state index in [-0.39, 0.29) is 21.6 Å². The average molecular weight is 334 g/mol. The van der Waals surface area contributed by atoms with Gasteiger partial charge in [-0.3, -0.25) is 0 Å². The number of carboxylic acid groups (broad SMARTS) is 1. The molecule has 23 heavy (non-hydrogen) atoms. The average Bonchev–Trinajstić information content (AvgIpc) is 2.85. The SMILES string of the molecule is CC(C)(C)c1cc(-c2nnc(C(=O)O)s2)cc(C(C)(C)C)c1O. The summed E-state index contributed by atoms with van der Waals surface area (Å²) < 4.78 is 0. The Bertz CT molecular complexity index is 717. The number of phenolic OH excluding ortho intramolecular Hbond substituents is 1. The third-order valence-corrected chi connectivity index (χ3v) is 4.54. The zero-order valence-electron chi connectivity index (χ0n) is 14.3. The van der Waals surface area contributed by atoms with E-state index in [2.05, 4.69) is 10.2 Å². The lowest BCUT2D eigenvalue weighted by molar-refractivity contribution is 0.0695. The van der Waals surface area contributed by atoms with Gasteiger partial charge in [-0.1, -0.05) is 52.9 Å². The maximum atomic E-state index is 11.0. The molecule has 1 aromatic heterocycles. The minimum Gasteiger partial charge on any atom is -0.507 e. The Morgan fingerprint density at radius 2 is 1.48 bits per heavy atom. The second-order valence-electron chi connectivity index (χ2n) is 7.64. The summed E-state index contributed by atoms with van der Waals surface area (Å²) >= 11 is 1.04. The smallest absolute Gasteiger partial charge is 0.367 e. The van der Waals surface area contributed by atoms with Crippen LogP contribution in [0.3, 0.4) is 0 Å². The second kappa shape index (κ2) is 5.60. The highest BCUT2D eigenvalue weighted by Gasteiger charge is 2.27. The van der Waals surface area contributed by atoms with Crippen molar-refractivity contribution in [3.8, 4) is 16.3 Å². The van der Waals surface area contributed by atoms with Gasteiger partial charge < -0.3 is 10.2 Å². The minimum absolute atomic E-state index is 0.0392. The zero-order chi connectivity index (χ0) is 17.6. The van der Waals surface area contributed by atoms with Crippen LogP contribution in [0.15, 0.2) is 12.1 Å². The molecule has 0 aliphatic rings. The van der Waals surface area contributed by atoms with E-state index in [4.69, 9.17) is 5.11 Å². The molecule has 2 rings (SSSR count). The summed E-state index contributed by atoms with van der Waals surface area (Å²) in [4.78, 5) is 11.0. The Balaban J connectivity index is 2.71. The number of hydrogen-bond acceptors (Lipinski definition) is 5. The van der Waals surface area contributed by atoms with E-state index in [9.17, 15) is 9.90 Å². The first-order valence-electron chi connectivity index (χ1n) is 7.36. The van der Waals surface area contributed by atoms with Crippen LogP contribution >= 0.6 is 11.3 Å². The van der Waals surface area contributed by atoms with Gasteiger partial charge in [0.2, 0.25) is 5.01 Å². The number of rotatable bonds is 2. The number of benzene rings is 1. The normalized spacial score (nSPS) is 12.4. The summed E-state index contributed by atoms with van der Waals surface area (Å²) in [7, 11) is 0. The highest BCUT2D eigenvalue weighted by molar-refractivity contribution is 7.16. The van der Waals surface area contributed by atoms with Gasteiger partial charge in [-0.05, 0) is 23.0 Å². The summed E-state index contributed by atoms with van der Waals surface area (Å²) in [5.74, 6) is -0.795. The Kier molecular flexibility index (Phi) is 4.24. The molecule has 1 aromatic carbocycles. The molecule has 2 N–H and O–H groups in total. The first-order valence-corrected chi connectivity index (χ1v) is 8.18. The molecule has 0 bridgehead atoms. The monoisotopic (exact) mass is 334 g/mol. The molecule has 124 valence electrons.